The van der Waals surface area contributed by atoms with Gasteiger partial charge >= 0.3 is 0 Å². The molecule has 1 atom stereocenters. The van der Waals surface area contributed by atoms with Crippen LogP contribution >= 0.6 is 11.3 Å². The van der Waals surface area contributed by atoms with Crippen molar-refractivity contribution in [1.29, 1.82) is 0 Å². The van der Waals surface area contributed by atoms with Crippen LogP contribution in [0.3, 0.4) is 0 Å². The Bertz CT molecular complexity index is 275. The predicted molar refractivity (Wildman–Crippen MR) is 51.6 cm³/mol. The summed E-state index contributed by atoms with van der Waals surface area (Å²) < 4.78 is 0. The highest BCUT2D eigenvalue weighted by atomic mass is 32.1. The van der Waals surface area contributed by atoms with Crippen LogP contribution in [0.2, 0.25) is 0 Å². The number of rotatable bonds is 1. The lowest BCUT2D eigenvalue weighted by atomic mass is 9.94. The zero-order chi connectivity index (χ0) is 8.55. The molecule has 1 aliphatic carbocycles. The molecule has 1 nitrogen and oxygen atoms in total. The molecule has 1 heterocycles. The molecule has 2 rings (SSSR count). The summed E-state index contributed by atoms with van der Waals surface area (Å²) in [6.07, 6.45) is 4.75. The minimum atomic E-state index is -0.275. The van der Waals surface area contributed by atoms with Gasteiger partial charge in [0.05, 0.1) is 6.10 Å². The van der Waals surface area contributed by atoms with E-state index in [1.807, 2.05) is 18.3 Å². The third kappa shape index (κ3) is 1.29. The molecule has 66 valence electrons. The number of aryl methyl sites for hydroxylation is 1. The Hall–Kier alpha value is -0.340. The van der Waals surface area contributed by atoms with E-state index in [2.05, 4.69) is 5.38 Å². The van der Waals surface area contributed by atoms with E-state index in [-0.39, 0.29) is 6.10 Å². The third-order valence-corrected chi connectivity index (χ3v) is 3.65. The quantitative estimate of drug-likeness (QED) is 0.708. The summed E-state index contributed by atoms with van der Waals surface area (Å²) in [4.78, 5) is 1.51. The fourth-order valence-electron chi connectivity index (χ4n) is 1.87. The van der Waals surface area contributed by atoms with Crippen LogP contribution < -0.4 is 0 Å². The van der Waals surface area contributed by atoms with Crippen molar-refractivity contribution in [2.45, 2.75) is 38.7 Å². The first-order valence-corrected chi connectivity index (χ1v) is 5.44. The van der Waals surface area contributed by atoms with E-state index in [0.717, 1.165) is 0 Å². The van der Waals surface area contributed by atoms with Crippen LogP contribution in [0.5, 0.6) is 0 Å². The number of aliphatic hydroxyl groups excluding tert-OH is 1. The molecule has 0 saturated carbocycles. The molecule has 1 aromatic heterocycles. The lowest BCUT2D eigenvalue weighted by Crippen LogP contribution is -2.02. The van der Waals surface area contributed by atoms with Crippen LogP contribution in [0.4, 0.5) is 0 Å². The van der Waals surface area contributed by atoms with Crippen molar-refractivity contribution in [3.8, 4) is 0 Å². The van der Waals surface area contributed by atoms with E-state index >= 15 is 0 Å². The standard InChI is InChI=1S/C10H14OS/c1-7(11)9-6-12-10-5-3-2-4-8(9)10/h6-7,11H,2-5H2,1H3. The average Bonchev–Trinajstić information content (AvgIpc) is 2.47. The van der Waals surface area contributed by atoms with Gasteiger partial charge < -0.3 is 5.11 Å². The summed E-state index contributed by atoms with van der Waals surface area (Å²) in [7, 11) is 0. The second-order valence-electron chi connectivity index (χ2n) is 3.48. The SMILES string of the molecule is CC(O)c1csc2c1CCCC2. The molecule has 1 unspecified atom stereocenters. The first kappa shape index (κ1) is 8.27. The highest BCUT2D eigenvalue weighted by molar-refractivity contribution is 7.10. The van der Waals surface area contributed by atoms with Crippen LogP contribution in [0, 0.1) is 0 Å². The molecular formula is C10H14OS. The monoisotopic (exact) mass is 182 g/mol. The fraction of sp³-hybridized carbons (Fsp3) is 0.600. The van der Waals surface area contributed by atoms with E-state index < -0.39 is 0 Å². The molecule has 0 radical (unpaired) electrons. The molecule has 1 aliphatic rings. The molecule has 0 aliphatic heterocycles. The molecule has 1 aromatic rings. The number of fused-ring (bicyclic) bond motifs is 1. The van der Waals surface area contributed by atoms with Crippen LogP contribution in [-0.4, -0.2) is 5.11 Å². The van der Waals surface area contributed by atoms with Crippen LogP contribution in [-0.2, 0) is 12.8 Å². The van der Waals surface area contributed by atoms with Gasteiger partial charge in [-0.2, -0.15) is 0 Å². The Morgan fingerprint density at radius 3 is 2.92 bits per heavy atom. The second-order valence-corrected chi connectivity index (χ2v) is 4.44. The smallest absolute Gasteiger partial charge is 0.0772 e. The minimum Gasteiger partial charge on any atom is -0.389 e. The van der Waals surface area contributed by atoms with Gasteiger partial charge in [0.25, 0.3) is 0 Å². The van der Waals surface area contributed by atoms with E-state index in [1.165, 1.54) is 41.7 Å². The Morgan fingerprint density at radius 1 is 1.42 bits per heavy atom. The number of hydrogen-bond acceptors (Lipinski definition) is 2. The molecule has 0 saturated heterocycles. The van der Waals surface area contributed by atoms with Gasteiger partial charge in [0, 0.05) is 4.88 Å². The van der Waals surface area contributed by atoms with Crippen LogP contribution in [0.1, 0.15) is 41.9 Å². The van der Waals surface area contributed by atoms with Gasteiger partial charge in [-0.25, -0.2) is 0 Å². The van der Waals surface area contributed by atoms with E-state index in [0.29, 0.717) is 0 Å². The molecule has 0 fully saturated rings. The highest BCUT2D eigenvalue weighted by Crippen LogP contribution is 2.33. The minimum absolute atomic E-state index is 0.275. The number of thiophene rings is 1. The summed E-state index contributed by atoms with van der Waals surface area (Å²) >= 11 is 1.82. The summed E-state index contributed by atoms with van der Waals surface area (Å²) in [5.41, 5.74) is 2.62. The van der Waals surface area contributed by atoms with Crippen molar-refractivity contribution in [3.63, 3.8) is 0 Å². The maximum Gasteiger partial charge on any atom is 0.0772 e. The normalized spacial score (nSPS) is 18.8. The molecule has 0 aromatic carbocycles. The Kier molecular flexibility index (Phi) is 2.20. The molecule has 0 amide bonds. The van der Waals surface area contributed by atoms with Gasteiger partial charge in [0.15, 0.2) is 0 Å². The fourth-order valence-corrected chi connectivity index (χ4v) is 3.10. The Morgan fingerprint density at radius 2 is 2.17 bits per heavy atom. The van der Waals surface area contributed by atoms with Gasteiger partial charge in [-0.15, -0.1) is 11.3 Å². The molecule has 12 heavy (non-hydrogen) atoms. The van der Waals surface area contributed by atoms with Crippen LogP contribution in [0.25, 0.3) is 0 Å². The van der Waals surface area contributed by atoms with E-state index in [4.69, 9.17) is 0 Å². The average molecular weight is 182 g/mol. The maximum atomic E-state index is 9.48. The van der Waals surface area contributed by atoms with Gasteiger partial charge in [-0.3, -0.25) is 0 Å². The first-order chi connectivity index (χ1) is 5.79. The highest BCUT2D eigenvalue weighted by Gasteiger charge is 2.17. The zero-order valence-electron chi connectivity index (χ0n) is 7.34. The van der Waals surface area contributed by atoms with E-state index in [1.54, 1.807) is 0 Å². The van der Waals surface area contributed by atoms with E-state index in [9.17, 15) is 5.11 Å². The molecule has 1 N–H and O–H groups in total. The Balaban J connectivity index is 2.38. The summed E-state index contributed by atoms with van der Waals surface area (Å²) in [5.74, 6) is 0. The van der Waals surface area contributed by atoms with Crippen molar-refractivity contribution >= 4 is 11.3 Å². The maximum absolute atomic E-state index is 9.48. The number of aliphatic hydroxyl groups is 1. The zero-order valence-corrected chi connectivity index (χ0v) is 8.16. The topological polar surface area (TPSA) is 20.2 Å². The van der Waals surface area contributed by atoms with Crippen molar-refractivity contribution < 1.29 is 5.11 Å². The van der Waals surface area contributed by atoms with Crippen LogP contribution in [0.15, 0.2) is 5.38 Å². The second kappa shape index (κ2) is 3.19. The van der Waals surface area contributed by atoms with Gasteiger partial charge in [0.2, 0.25) is 0 Å². The third-order valence-electron chi connectivity index (χ3n) is 2.54. The first-order valence-electron chi connectivity index (χ1n) is 4.56. The van der Waals surface area contributed by atoms with Crippen molar-refractivity contribution in [2.24, 2.45) is 0 Å². The predicted octanol–water partition coefficient (Wildman–Crippen LogP) is 2.68. The molecule has 0 bridgehead atoms. The molecule has 0 spiro atoms. The molecule has 2 heteroatoms. The van der Waals surface area contributed by atoms with Gasteiger partial charge in [0.1, 0.15) is 0 Å². The van der Waals surface area contributed by atoms with Gasteiger partial charge in [-0.1, -0.05) is 0 Å². The lowest BCUT2D eigenvalue weighted by Gasteiger charge is -2.13. The molecular weight excluding hydrogens is 168 g/mol. The van der Waals surface area contributed by atoms with Crippen molar-refractivity contribution in [3.05, 3.63) is 21.4 Å². The largest absolute Gasteiger partial charge is 0.389 e. The van der Waals surface area contributed by atoms with Gasteiger partial charge in [-0.05, 0) is 49.1 Å². The summed E-state index contributed by atoms with van der Waals surface area (Å²) in [5, 5.41) is 11.6. The number of hydrogen-bond donors (Lipinski definition) is 1. The summed E-state index contributed by atoms with van der Waals surface area (Å²) in [6, 6.07) is 0. The van der Waals surface area contributed by atoms with Crippen molar-refractivity contribution in [1.82, 2.24) is 0 Å². The van der Waals surface area contributed by atoms with Crippen molar-refractivity contribution in [2.75, 3.05) is 0 Å². The Labute approximate surface area is 77.0 Å². The lowest BCUT2D eigenvalue weighted by molar-refractivity contribution is 0.198. The summed E-state index contributed by atoms with van der Waals surface area (Å²) in [6.45, 7) is 1.86.